The molecule has 3 heteroatoms. The van der Waals surface area contributed by atoms with E-state index in [9.17, 15) is 0 Å². The van der Waals surface area contributed by atoms with Crippen LogP contribution >= 0.6 is 0 Å². The highest BCUT2D eigenvalue weighted by Gasteiger charge is 2.05. The van der Waals surface area contributed by atoms with Gasteiger partial charge in [-0.2, -0.15) is 0 Å². The van der Waals surface area contributed by atoms with Gasteiger partial charge in [0.05, 0.1) is 5.69 Å². The van der Waals surface area contributed by atoms with Crippen molar-refractivity contribution in [2.24, 2.45) is 0 Å². The van der Waals surface area contributed by atoms with Gasteiger partial charge in [-0.1, -0.05) is 36.4 Å². The number of hydrogen-bond acceptors (Lipinski definition) is 3. The molecule has 2 aromatic rings. The molecular formula is C18H25N3. The first kappa shape index (κ1) is 15.7. The van der Waals surface area contributed by atoms with Crippen molar-refractivity contribution in [1.82, 2.24) is 15.2 Å². The molecule has 0 saturated heterocycles. The summed E-state index contributed by atoms with van der Waals surface area (Å²) in [6.07, 6.45) is 2.99. The van der Waals surface area contributed by atoms with Gasteiger partial charge >= 0.3 is 0 Å². The van der Waals surface area contributed by atoms with Crippen LogP contribution in [0.25, 0.3) is 0 Å². The fourth-order valence-electron chi connectivity index (χ4n) is 2.38. The topological polar surface area (TPSA) is 28.2 Å². The molecule has 0 bridgehead atoms. The van der Waals surface area contributed by atoms with E-state index in [-0.39, 0.29) is 0 Å². The molecule has 0 spiro atoms. The SMILES string of the molecule is CC(NCCCN(C)Cc1ccccc1)c1ccccn1. The Hall–Kier alpha value is -1.71. The third-order valence-electron chi connectivity index (χ3n) is 3.59. The van der Waals surface area contributed by atoms with E-state index in [1.54, 1.807) is 0 Å². The number of pyridine rings is 1. The molecule has 3 nitrogen and oxygen atoms in total. The first-order valence-electron chi connectivity index (χ1n) is 7.62. The van der Waals surface area contributed by atoms with E-state index in [0.29, 0.717) is 6.04 Å². The van der Waals surface area contributed by atoms with E-state index in [1.165, 1.54) is 5.56 Å². The minimum absolute atomic E-state index is 0.311. The van der Waals surface area contributed by atoms with Crippen LogP contribution < -0.4 is 5.32 Å². The third-order valence-corrected chi connectivity index (χ3v) is 3.59. The van der Waals surface area contributed by atoms with Gasteiger partial charge in [0.2, 0.25) is 0 Å². The fraction of sp³-hybridized carbons (Fsp3) is 0.389. The van der Waals surface area contributed by atoms with Crippen molar-refractivity contribution in [2.45, 2.75) is 25.9 Å². The summed E-state index contributed by atoms with van der Waals surface area (Å²) in [5, 5.41) is 3.53. The van der Waals surface area contributed by atoms with Gasteiger partial charge in [0.15, 0.2) is 0 Å². The van der Waals surface area contributed by atoms with E-state index >= 15 is 0 Å². The standard InChI is InChI=1S/C18H25N3/c1-16(18-11-6-7-12-20-18)19-13-8-14-21(2)15-17-9-4-3-5-10-17/h3-7,9-12,16,19H,8,13-15H2,1-2H3. The number of hydrogen-bond donors (Lipinski definition) is 1. The van der Waals surface area contributed by atoms with Gasteiger partial charge in [-0.15, -0.1) is 0 Å². The van der Waals surface area contributed by atoms with Crippen molar-refractivity contribution in [3.05, 3.63) is 66.0 Å². The van der Waals surface area contributed by atoms with Crippen LogP contribution in [-0.2, 0) is 6.54 Å². The molecule has 1 aromatic heterocycles. The lowest BCUT2D eigenvalue weighted by atomic mass is 10.2. The summed E-state index contributed by atoms with van der Waals surface area (Å²) in [4.78, 5) is 6.74. The number of nitrogens with one attached hydrogen (secondary N) is 1. The molecule has 2 rings (SSSR count). The predicted molar refractivity (Wildman–Crippen MR) is 88.0 cm³/mol. The smallest absolute Gasteiger partial charge is 0.0570 e. The summed E-state index contributed by atoms with van der Waals surface area (Å²) in [5.74, 6) is 0. The number of rotatable bonds is 8. The Balaban J connectivity index is 1.63. The summed E-state index contributed by atoms with van der Waals surface area (Å²) in [7, 11) is 2.18. The second-order valence-corrected chi connectivity index (χ2v) is 5.51. The summed E-state index contributed by atoms with van der Waals surface area (Å²) < 4.78 is 0. The lowest BCUT2D eigenvalue weighted by Crippen LogP contribution is -2.25. The minimum atomic E-state index is 0.311. The maximum atomic E-state index is 4.38. The molecular weight excluding hydrogens is 258 g/mol. The van der Waals surface area contributed by atoms with Gasteiger partial charge in [0.25, 0.3) is 0 Å². The molecule has 1 aromatic carbocycles. The third kappa shape index (κ3) is 5.66. The highest BCUT2D eigenvalue weighted by atomic mass is 15.1. The van der Waals surface area contributed by atoms with Gasteiger partial charge in [-0.3, -0.25) is 4.98 Å². The molecule has 1 atom stereocenters. The van der Waals surface area contributed by atoms with E-state index in [4.69, 9.17) is 0 Å². The zero-order valence-electron chi connectivity index (χ0n) is 13.0. The maximum Gasteiger partial charge on any atom is 0.0570 e. The molecule has 0 aliphatic carbocycles. The molecule has 1 N–H and O–H groups in total. The Morgan fingerprint density at radius 1 is 1.10 bits per heavy atom. The molecule has 1 unspecified atom stereocenters. The molecule has 0 aliphatic rings. The Kier molecular flexibility index (Phi) is 6.38. The number of nitrogens with zero attached hydrogens (tertiary/aromatic N) is 2. The maximum absolute atomic E-state index is 4.38. The minimum Gasteiger partial charge on any atom is -0.309 e. The molecule has 0 saturated carbocycles. The summed E-state index contributed by atoms with van der Waals surface area (Å²) in [6, 6.07) is 17.0. The predicted octanol–water partition coefficient (Wildman–Crippen LogP) is 3.25. The Bertz CT molecular complexity index is 498. The van der Waals surface area contributed by atoms with Gasteiger partial charge < -0.3 is 10.2 Å². The highest BCUT2D eigenvalue weighted by molar-refractivity contribution is 5.14. The fourth-order valence-corrected chi connectivity index (χ4v) is 2.38. The summed E-state index contributed by atoms with van der Waals surface area (Å²) in [5.41, 5.74) is 2.48. The van der Waals surface area contributed by atoms with Crippen molar-refractivity contribution in [2.75, 3.05) is 20.1 Å². The van der Waals surface area contributed by atoms with Gasteiger partial charge in [0, 0.05) is 18.8 Å². The average molecular weight is 283 g/mol. The summed E-state index contributed by atoms with van der Waals surface area (Å²) in [6.45, 7) is 5.28. The van der Waals surface area contributed by atoms with Crippen LogP contribution in [0.15, 0.2) is 54.7 Å². The van der Waals surface area contributed by atoms with Crippen LogP contribution in [0.2, 0.25) is 0 Å². The van der Waals surface area contributed by atoms with Gasteiger partial charge in [0.1, 0.15) is 0 Å². The van der Waals surface area contributed by atoms with E-state index in [1.807, 2.05) is 18.3 Å². The Morgan fingerprint density at radius 2 is 1.86 bits per heavy atom. The second-order valence-electron chi connectivity index (χ2n) is 5.51. The quantitative estimate of drug-likeness (QED) is 0.754. The lowest BCUT2D eigenvalue weighted by Gasteiger charge is -2.18. The van der Waals surface area contributed by atoms with Crippen molar-refractivity contribution in [3.63, 3.8) is 0 Å². The van der Waals surface area contributed by atoms with Crippen molar-refractivity contribution in [3.8, 4) is 0 Å². The Morgan fingerprint density at radius 3 is 2.57 bits per heavy atom. The van der Waals surface area contributed by atoms with Crippen LogP contribution in [-0.4, -0.2) is 30.0 Å². The second kappa shape index (κ2) is 8.55. The van der Waals surface area contributed by atoms with E-state index < -0.39 is 0 Å². The number of aromatic nitrogens is 1. The first-order chi connectivity index (χ1) is 10.3. The normalized spacial score (nSPS) is 12.5. The van der Waals surface area contributed by atoms with E-state index in [2.05, 4.69) is 65.6 Å². The molecule has 0 amide bonds. The molecule has 1 heterocycles. The van der Waals surface area contributed by atoms with Crippen LogP contribution in [0.1, 0.15) is 30.6 Å². The number of benzene rings is 1. The highest BCUT2D eigenvalue weighted by Crippen LogP contribution is 2.07. The van der Waals surface area contributed by atoms with Crippen molar-refractivity contribution in [1.29, 1.82) is 0 Å². The van der Waals surface area contributed by atoms with E-state index in [0.717, 1.165) is 31.7 Å². The molecule has 112 valence electrons. The van der Waals surface area contributed by atoms with Gasteiger partial charge in [-0.05, 0) is 51.2 Å². The van der Waals surface area contributed by atoms with Gasteiger partial charge in [-0.25, -0.2) is 0 Å². The summed E-state index contributed by atoms with van der Waals surface area (Å²) >= 11 is 0. The van der Waals surface area contributed by atoms with Crippen molar-refractivity contribution < 1.29 is 0 Å². The monoisotopic (exact) mass is 283 g/mol. The Labute approximate surface area is 128 Å². The zero-order chi connectivity index (χ0) is 14.9. The largest absolute Gasteiger partial charge is 0.309 e. The molecule has 21 heavy (non-hydrogen) atoms. The molecule has 0 aliphatic heterocycles. The molecule has 0 radical (unpaired) electrons. The van der Waals surface area contributed by atoms with Crippen LogP contribution in [0.4, 0.5) is 0 Å². The first-order valence-corrected chi connectivity index (χ1v) is 7.62. The zero-order valence-corrected chi connectivity index (χ0v) is 13.0. The average Bonchev–Trinajstić information content (AvgIpc) is 2.53. The van der Waals surface area contributed by atoms with Crippen LogP contribution in [0.3, 0.4) is 0 Å². The molecule has 0 fully saturated rings. The van der Waals surface area contributed by atoms with Crippen LogP contribution in [0.5, 0.6) is 0 Å². The van der Waals surface area contributed by atoms with Crippen LogP contribution in [0, 0.1) is 0 Å². The van der Waals surface area contributed by atoms with Crippen molar-refractivity contribution >= 4 is 0 Å². The lowest BCUT2D eigenvalue weighted by molar-refractivity contribution is 0.317.